The van der Waals surface area contributed by atoms with E-state index in [0.717, 1.165) is 22.9 Å². The van der Waals surface area contributed by atoms with Crippen LogP contribution in [0.5, 0.6) is 0 Å². The number of nitrogens with two attached hydrogens (primary N) is 1. The zero-order chi connectivity index (χ0) is 14.5. The molecular weight excluding hydrogens is 322 g/mol. The number of primary amides is 1. The molecule has 0 spiro atoms. The Morgan fingerprint density at radius 2 is 1.85 bits per heavy atom. The Morgan fingerprint density at radius 3 is 2.40 bits per heavy atom. The second kappa shape index (κ2) is 6.74. The molecule has 1 saturated heterocycles. The van der Waals surface area contributed by atoms with Crippen molar-refractivity contribution in [2.45, 2.75) is 25.3 Å². The third kappa shape index (κ3) is 4.23. The highest BCUT2D eigenvalue weighted by molar-refractivity contribution is 9.10. The van der Waals surface area contributed by atoms with Crippen LogP contribution < -0.4 is 11.1 Å². The number of rotatable bonds is 3. The Labute approximate surface area is 126 Å². The van der Waals surface area contributed by atoms with Crippen molar-refractivity contribution in [1.82, 2.24) is 10.2 Å². The molecule has 0 aromatic heterocycles. The molecule has 0 unspecified atom stereocenters. The van der Waals surface area contributed by atoms with Crippen molar-refractivity contribution >= 4 is 27.9 Å². The maximum Gasteiger partial charge on any atom is 0.312 e. The molecule has 2 rings (SSSR count). The summed E-state index contributed by atoms with van der Waals surface area (Å²) in [5.41, 5.74) is 6.11. The van der Waals surface area contributed by atoms with Crippen LogP contribution in [0.15, 0.2) is 28.7 Å². The predicted molar refractivity (Wildman–Crippen MR) is 80.2 cm³/mol. The van der Waals surface area contributed by atoms with E-state index in [1.165, 1.54) is 0 Å². The van der Waals surface area contributed by atoms with Gasteiger partial charge in [-0.1, -0.05) is 28.1 Å². The minimum absolute atomic E-state index is 0.0873. The van der Waals surface area contributed by atoms with Gasteiger partial charge in [0.2, 0.25) is 5.91 Å². The van der Waals surface area contributed by atoms with Gasteiger partial charge in [0.05, 0.1) is 6.42 Å². The number of carbonyl (C=O) groups excluding carboxylic acids is 2. The largest absolute Gasteiger partial charge is 0.352 e. The molecule has 3 amide bonds. The number of benzene rings is 1. The van der Waals surface area contributed by atoms with Gasteiger partial charge in [-0.05, 0) is 30.5 Å². The van der Waals surface area contributed by atoms with Crippen molar-refractivity contribution in [2.75, 3.05) is 13.1 Å². The van der Waals surface area contributed by atoms with Gasteiger partial charge in [-0.15, -0.1) is 0 Å². The van der Waals surface area contributed by atoms with Gasteiger partial charge in [0, 0.05) is 23.6 Å². The average molecular weight is 340 g/mol. The highest BCUT2D eigenvalue weighted by atomic mass is 79.9. The summed E-state index contributed by atoms with van der Waals surface area (Å²) in [7, 11) is 0. The number of piperidine rings is 1. The Bertz CT molecular complexity index is 482. The summed E-state index contributed by atoms with van der Waals surface area (Å²) in [6.45, 7) is 1.33. The van der Waals surface area contributed by atoms with E-state index < -0.39 is 6.03 Å². The molecule has 1 aliphatic rings. The van der Waals surface area contributed by atoms with E-state index in [1.807, 2.05) is 29.2 Å². The molecule has 6 heteroatoms. The van der Waals surface area contributed by atoms with Crippen molar-refractivity contribution in [2.24, 2.45) is 5.73 Å². The number of hydrogen-bond donors (Lipinski definition) is 2. The van der Waals surface area contributed by atoms with Crippen LogP contribution >= 0.6 is 15.9 Å². The molecule has 0 radical (unpaired) electrons. The Hall–Kier alpha value is -1.56. The minimum atomic E-state index is -0.496. The number of nitrogens with zero attached hydrogens (tertiary/aromatic N) is 1. The van der Waals surface area contributed by atoms with Crippen molar-refractivity contribution < 1.29 is 9.59 Å². The van der Waals surface area contributed by atoms with E-state index in [9.17, 15) is 9.59 Å². The van der Waals surface area contributed by atoms with Gasteiger partial charge in [-0.25, -0.2) is 4.79 Å². The molecule has 3 N–H and O–H groups in total. The summed E-state index contributed by atoms with van der Waals surface area (Å²) in [6, 6.07) is 7.36. The molecule has 1 aromatic carbocycles. The second-order valence-electron chi connectivity index (χ2n) is 4.97. The van der Waals surface area contributed by atoms with Crippen LogP contribution in [-0.4, -0.2) is 36.0 Å². The number of carbonyl (C=O) groups is 2. The molecule has 1 heterocycles. The first-order chi connectivity index (χ1) is 9.54. The lowest BCUT2D eigenvalue weighted by Gasteiger charge is -2.32. The van der Waals surface area contributed by atoms with E-state index in [-0.39, 0.29) is 11.9 Å². The molecule has 0 saturated carbocycles. The number of nitrogens with one attached hydrogen (secondary N) is 1. The summed E-state index contributed by atoms with van der Waals surface area (Å²) in [6.07, 6.45) is 1.94. The van der Waals surface area contributed by atoms with Crippen LogP contribution in [0, 0.1) is 0 Å². The Balaban J connectivity index is 1.82. The van der Waals surface area contributed by atoms with Gasteiger partial charge in [0.15, 0.2) is 0 Å². The summed E-state index contributed by atoms with van der Waals surface area (Å²) in [5.74, 6) is 0.129. The lowest BCUT2D eigenvalue weighted by Crippen LogP contribution is -2.48. The molecule has 1 fully saturated rings. The molecule has 108 valence electrons. The van der Waals surface area contributed by atoms with Gasteiger partial charge in [-0.2, -0.15) is 0 Å². The lowest BCUT2D eigenvalue weighted by atomic mass is 10.0. The van der Waals surface area contributed by atoms with E-state index in [4.69, 9.17) is 5.73 Å². The fourth-order valence-electron chi connectivity index (χ4n) is 2.36. The number of hydrogen-bond acceptors (Lipinski definition) is 2. The van der Waals surface area contributed by atoms with Crippen LogP contribution in [0.4, 0.5) is 4.79 Å². The predicted octanol–water partition coefficient (Wildman–Crippen LogP) is 1.65. The van der Waals surface area contributed by atoms with Crippen LogP contribution in [0.1, 0.15) is 18.4 Å². The maximum atomic E-state index is 12.2. The summed E-state index contributed by atoms with van der Waals surface area (Å²) in [5, 5.41) is 2.69. The topological polar surface area (TPSA) is 75.4 Å². The Morgan fingerprint density at radius 1 is 1.25 bits per heavy atom. The standard InChI is InChI=1S/C14H18BrN3O2/c15-11-3-1-10(2-4-11)9-13(19)18-7-5-12(6-8-18)17-14(16)20/h1-4,12H,5-9H2,(H3,16,17,20). The number of urea groups is 1. The van der Waals surface area contributed by atoms with Crippen LogP contribution in [-0.2, 0) is 11.2 Å². The SMILES string of the molecule is NC(=O)NC1CCN(C(=O)Cc2ccc(Br)cc2)CC1. The summed E-state index contributed by atoms with van der Waals surface area (Å²) >= 11 is 3.37. The second-order valence-corrected chi connectivity index (χ2v) is 5.88. The number of likely N-dealkylation sites (tertiary alicyclic amines) is 1. The summed E-state index contributed by atoms with van der Waals surface area (Å²) in [4.78, 5) is 24.8. The van der Waals surface area contributed by atoms with Crippen molar-refractivity contribution in [3.63, 3.8) is 0 Å². The fourth-order valence-corrected chi connectivity index (χ4v) is 2.63. The Kier molecular flexibility index (Phi) is 5.00. The molecule has 0 atom stereocenters. The van der Waals surface area contributed by atoms with Crippen LogP contribution in [0.2, 0.25) is 0 Å². The maximum absolute atomic E-state index is 12.2. The molecule has 0 bridgehead atoms. The van der Waals surface area contributed by atoms with Gasteiger partial charge >= 0.3 is 6.03 Å². The highest BCUT2D eigenvalue weighted by Crippen LogP contribution is 2.14. The molecule has 5 nitrogen and oxygen atoms in total. The number of amides is 3. The van der Waals surface area contributed by atoms with Crippen molar-refractivity contribution in [3.05, 3.63) is 34.3 Å². The summed E-state index contributed by atoms with van der Waals surface area (Å²) < 4.78 is 1.01. The van der Waals surface area contributed by atoms with Crippen LogP contribution in [0.3, 0.4) is 0 Å². The van der Waals surface area contributed by atoms with E-state index >= 15 is 0 Å². The van der Waals surface area contributed by atoms with Gasteiger partial charge in [-0.3, -0.25) is 4.79 Å². The van der Waals surface area contributed by atoms with E-state index in [2.05, 4.69) is 21.2 Å². The van der Waals surface area contributed by atoms with E-state index in [1.54, 1.807) is 0 Å². The third-order valence-corrected chi connectivity index (χ3v) is 3.99. The zero-order valence-corrected chi connectivity index (χ0v) is 12.7. The van der Waals surface area contributed by atoms with Gasteiger partial charge in [0.25, 0.3) is 0 Å². The lowest BCUT2D eigenvalue weighted by molar-refractivity contribution is -0.131. The normalized spacial score (nSPS) is 15.9. The van der Waals surface area contributed by atoms with Gasteiger partial charge in [0.1, 0.15) is 0 Å². The number of halogens is 1. The molecule has 20 heavy (non-hydrogen) atoms. The first-order valence-corrected chi connectivity index (χ1v) is 7.42. The molecular formula is C14H18BrN3O2. The molecule has 1 aliphatic heterocycles. The average Bonchev–Trinajstić information content (AvgIpc) is 2.41. The molecule has 1 aromatic rings. The third-order valence-electron chi connectivity index (χ3n) is 3.46. The molecule has 0 aliphatic carbocycles. The van der Waals surface area contributed by atoms with Crippen molar-refractivity contribution in [1.29, 1.82) is 0 Å². The van der Waals surface area contributed by atoms with Crippen LogP contribution in [0.25, 0.3) is 0 Å². The minimum Gasteiger partial charge on any atom is -0.352 e. The monoisotopic (exact) mass is 339 g/mol. The zero-order valence-electron chi connectivity index (χ0n) is 11.1. The fraction of sp³-hybridized carbons (Fsp3) is 0.429. The van der Waals surface area contributed by atoms with E-state index in [0.29, 0.717) is 19.5 Å². The quantitative estimate of drug-likeness (QED) is 0.878. The first-order valence-electron chi connectivity index (χ1n) is 6.63. The van der Waals surface area contributed by atoms with Gasteiger partial charge < -0.3 is 16.0 Å². The first kappa shape index (κ1) is 14.8. The smallest absolute Gasteiger partial charge is 0.312 e. The highest BCUT2D eigenvalue weighted by Gasteiger charge is 2.23. The van der Waals surface area contributed by atoms with Crippen molar-refractivity contribution in [3.8, 4) is 0 Å².